The molecule has 122 valence electrons. The zero-order valence-electron chi connectivity index (χ0n) is 13.5. The Labute approximate surface area is 137 Å². The van der Waals surface area contributed by atoms with Gasteiger partial charge in [0.05, 0.1) is 23.8 Å². The first-order valence-electron chi connectivity index (χ1n) is 7.32. The summed E-state index contributed by atoms with van der Waals surface area (Å²) in [4.78, 5) is 25.5. The predicted octanol–water partition coefficient (Wildman–Crippen LogP) is 2.37. The molecule has 1 aromatic carbocycles. The number of likely N-dealkylation sites (N-methyl/N-ethyl adjacent to an activating group) is 1. The Kier molecular flexibility index (Phi) is 7.35. The second kappa shape index (κ2) is 8.76. The minimum Gasteiger partial charge on any atom is -0.352 e. The zero-order valence-corrected chi connectivity index (χ0v) is 14.3. The second-order valence-electron chi connectivity index (χ2n) is 5.80. The summed E-state index contributed by atoms with van der Waals surface area (Å²) in [6.07, 6.45) is 0. The van der Waals surface area contributed by atoms with Gasteiger partial charge in [-0.3, -0.25) is 14.5 Å². The second-order valence-corrected chi connectivity index (χ2v) is 6.21. The fourth-order valence-corrected chi connectivity index (χ4v) is 1.95. The van der Waals surface area contributed by atoms with Crippen LogP contribution in [0, 0.1) is 5.92 Å². The van der Waals surface area contributed by atoms with Gasteiger partial charge in [-0.05, 0) is 32.0 Å². The molecular formula is C16H24ClN3O2. The number of para-hydroxylation sites is 1. The highest BCUT2D eigenvalue weighted by Crippen LogP contribution is 2.20. The Morgan fingerprint density at radius 2 is 1.73 bits per heavy atom. The van der Waals surface area contributed by atoms with Crippen LogP contribution < -0.4 is 10.6 Å². The number of benzene rings is 1. The van der Waals surface area contributed by atoms with E-state index in [0.717, 1.165) is 0 Å². The van der Waals surface area contributed by atoms with Crippen molar-refractivity contribution in [2.75, 3.05) is 25.5 Å². The molecule has 0 saturated carbocycles. The van der Waals surface area contributed by atoms with Crippen LogP contribution in [0.4, 0.5) is 5.69 Å². The highest BCUT2D eigenvalue weighted by atomic mass is 35.5. The van der Waals surface area contributed by atoms with E-state index in [2.05, 4.69) is 10.6 Å². The lowest BCUT2D eigenvalue weighted by molar-refractivity contribution is -0.123. The predicted molar refractivity (Wildman–Crippen MR) is 90.0 cm³/mol. The summed E-state index contributed by atoms with van der Waals surface area (Å²) in [6.45, 7) is 6.35. The average molecular weight is 326 g/mol. The molecule has 1 atom stereocenters. The van der Waals surface area contributed by atoms with Gasteiger partial charge in [0.1, 0.15) is 0 Å². The number of halogens is 1. The summed E-state index contributed by atoms with van der Waals surface area (Å²) in [5.41, 5.74) is 0.570. The minimum absolute atomic E-state index is 0.0887. The van der Waals surface area contributed by atoms with E-state index in [1.165, 1.54) is 0 Å². The molecule has 0 aliphatic carbocycles. The van der Waals surface area contributed by atoms with Crippen LogP contribution in [0.2, 0.25) is 5.02 Å². The van der Waals surface area contributed by atoms with Crippen LogP contribution in [0.5, 0.6) is 0 Å². The smallest absolute Gasteiger partial charge is 0.238 e. The number of carbonyl (C=O) groups is 2. The maximum Gasteiger partial charge on any atom is 0.238 e. The van der Waals surface area contributed by atoms with Gasteiger partial charge < -0.3 is 10.6 Å². The van der Waals surface area contributed by atoms with Gasteiger partial charge >= 0.3 is 0 Å². The van der Waals surface area contributed by atoms with Crippen LogP contribution in [0.1, 0.15) is 20.8 Å². The van der Waals surface area contributed by atoms with Crippen LogP contribution in [-0.2, 0) is 9.59 Å². The highest BCUT2D eigenvalue weighted by molar-refractivity contribution is 6.33. The molecule has 0 aliphatic rings. The van der Waals surface area contributed by atoms with Crippen LogP contribution >= 0.6 is 11.6 Å². The number of anilines is 1. The number of rotatable bonds is 7. The van der Waals surface area contributed by atoms with E-state index in [0.29, 0.717) is 16.6 Å². The van der Waals surface area contributed by atoms with Crippen LogP contribution in [0.15, 0.2) is 24.3 Å². The van der Waals surface area contributed by atoms with Gasteiger partial charge in [-0.25, -0.2) is 0 Å². The molecule has 1 aromatic rings. The number of carbonyl (C=O) groups excluding carboxylic acids is 2. The molecular weight excluding hydrogens is 302 g/mol. The van der Waals surface area contributed by atoms with E-state index in [4.69, 9.17) is 11.6 Å². The molecule has 2 amide bonds. The first kappa shape index (κ1) is 18.5. The lowest BCUT2D eigenvalue weighted by Gasteiger charge is -2.20. The average Bonchev–Trinajstić information content (AvgIpc) is 2.40. The third kappa shape index (κ3) is 6.45. The number of hydrogen-bond donors (Lipinski definition) is 2. The van der Waals surface area contributed by atoms with E-state index in [1.807, 2.05) is 20.8 Å². The standard InChI is InChI=1S/C16H24ClN3O2/c1-11(2)12(3)18-15(21)9-20(4)10-16(22)19-14-8-6-5-7-13(14)17/h5-8,11-12H,9-10H2,1-4H3,(H,18,21)(H,19,22)/t12-/m1/s1. The van der Waals surface area contributed by atoms with Crippen molar-refractivity contribution in [2.24, 2.45) is 5.92 Å². The lowest BCUT2D eigenvalue weighted by Crippen LogP contribution is -2.43. The molecule has 6 heteroatoms. The van der Waals surface area contributed by atoms with E-state index < -0.39 is 0 Å². The molecule has 0 spiro atoms. The van der Waals surface area contributed by atoms with Gasteiger partial charge in [-0.15, -0.1) is 0 Å². The van der Waals surface area contributed by atoms with Gasteiger partial charge in [-0.2, -0.15) is 0 Å². The summed E-state index contributed by atoms with van der Waals surface area (Å²) in [5.74, 6) is 0.0762. The SMILES string of the molecule is CC(C)[C@@H](C)NC(=O)CN(C)CC(=O)Nc1ccccc1Cl. The van der Waals surface area contributed by atoms with Crippen molar-refractivity contribution < 1.29 is 9.59 Å². The Morgan fingerprint density at radius 3 is 2.32 bits per heavy atom. The van der Waals surface area contributed by atoms with Crippen molar-refractivity contribution >= 4 is 29.1 Å². The molecule has 0 heterocycles. The fourth-order valence-electron chi connectivity index (χ4n) is 1.76. The molecule has 0 bridgehead atoms. The normalized spacial score (nSPS) is 12.3. The van der Waals surface area contributed by atoms with Crippen LogP contribution in [0.25, 0.3) is 0 Å². The molecule has 0 fully saturated rings. The summed E-state index contributed by atoms with van der Waals surface area (Å²) >= 11 is 5.98. The topological polar surface area (TPSA) is 61.4 Å². The van der Waals surface area contributed by atoms with Gasteiger partial charge in [0, 0.05) is 6.04 Å². The van der Waals surface area contributed by atoms with Gasteiger partial charge in [0.25, 0.3) is 0 Å². The maximum absolute atomic E-state index is 11.9. The van der Waals surface area contributed by atoms with Gasteiger partial charge in [-0.1, -0.05) is 37.6 Å². The molecule has 0 aromatic heterocycles. The first-order valence-corrected chi connectivity index (χ1v) is 7.69. The number of amides is 2. The Balaban J connectivity index is 2.41. The molecule has 1 rings (SSSR count). The van der Waals surface area contributed by atoms with Gasteiger partial charge in [0.2, 0.25) is 11.8 Å². The third-order valence-electron chi connectivity index (χ3n) is 3.36. The van der Waals surface area contributed by atoms with E-state index >= 15 is 0 Å². The Hall–Kier alpha value is -1.59. The largest absolute Gasteiger partial charge is 0.352 e. The summed E-state index contributed by atoms with van der Waals surface area (Å²) in [7, 11) is 1.73. The highest BCUT2D eigenvalue weighted by Gasteiger charge is 2.14. The van der Waals surface area contributed by atoms with Crippen molar-refractivity contribution in [1.29, 1.82) is 0 Å². The van der Waals surface area contributed by atoms with Gasteiger partial charge in [0.15, 0.2) is 0 Å². The van der Waals surface area contributed by atoms with Crippen molar-refractivity contribution in [2.45, 2.75) is 26.8 Å². The van der Waals surface area contributed by atoms with E-state index in [-0.39, 0.29) is 30.9 Å². The molecule has 22 heavy (non-hydrogen) atoms. The number of hydrogen-bond acceptors (Lipinski definition) is 3. The summed E-state index contributed by atoms with van der Waals surface area (Å²) in [6, 6.07) is 7.15. The van der Waals surface area contributed by atoms with Crippen molar-refractivity contribution in [3.05, 3.63) is 29.3 Å². The van der Waals surface area contributed by atoms with Crippen molar-refractivity contribution in [3.63, 3.8) is 0 Å². The minimum atomic E-state index is -0.208. The summed E-state index contributed by atoms with van der Waals surface area (Å²) < 4.78 is 0. The van der Waals surface area contributed by atoms with Crippen molar-refractivity contribution in [1.82, 2.24) is 10.2 Å². The molecule has 0 unspecified atom stereocenters. The summed E-state index contributed by atoms with van der Waals surface area (Å²) in [5, 5.41) is 6.13. The van der Waals surface area contributed by atoms with Crippen molar-refractivity contribution in [3.8, 4) is 0 Å². The zero-order chi connectivity index (χ0) is 16.7. The Morgan fingerprint density at radius 1 is 1.14 bits per heavy atom. The molecule has 2 N–H and O–H groups in total. The lowest BCUT2D eigenvalue weighted by atomic mass is 10.1. The third-order valence-corrected chi connectivity index (χ3v) is 3.69. The monoisotopic (exact) mass is 325 g/mol. The molecule has 0 radical (unpaired) electrons. The number of nitrogens with zero attached hydrogens (tertiary/aromatic N) is 1. The van der Waals surface area contributed by atoms with Crippen LogP contribution in [-0.4, -0.2) is 42.9 Å². The first-order chi connectivity index (χ1) is 10.3. The van der Waals surface area contributed by atoms with E-state index in [9.17, 15) is 9.59 Å². The molecule has 5 nitrogen and oxygen atoms in total. The Bertz CT molecular complexity index is 520. The number of nitrogens with one attached hydrogen (secondary N) is 2. The molecule has 0 saturated heterocycles. The molecule has 0 aliphatic heterocycles. The van der Waals surface area contributed by atoms with E-state index in [1.54, 1.807) is 36.2 Å². The quantitative estimate of drug-likeness (QED) is 0.809. The maximum atomic E-state index is 11.9. The van der Waals surface area contributed by atoms with Crippen LogP contribution in [0.3, 0.4) is 0 Å². The fraction of sp³-hybridized carbons (Fsp3) is 0.500.